The molecule has 200 valence electrons. The number of carbonyl (C=O) groups is 2. The van der Waals surface area contributed by atoms with Crippen molar-refractivity contribution in [2.45, 2.75) is 71.1 Å². The first kappa shape index (κ1) is 29.7. The quantitative estimate of drug-likeness (QED) is 0.278. The largest absolute Gasteiger partial charge is 0.356 e. The van der Waals surface area contributed by atoms with Crippen LogP contribution in [0.1, 0.15) is 82.3 Å². The van der Waals surface area contributed by atoms with E-state index >= 15 is 0 Å². The fraction of sp³-hybridized carbons (Fsp3) is 0.484. The summed E-state index contributed by atoms with van der Waals surface area (Å²) in [5, 5.41) is 5.04. The van der Waals surface area contributed by atoms with Crippen LogP contribution in [0.2, 0.25) is 15.1 Å². The van der Waals surface area contributed by atoms with E-state index in [9.17, 15) is 9.59 Å². The highest BCUT2D eigenvalue weighted by atomic mass is 35.5. The molecule has 1 amide bonds. The zero-order valence-corrected chi connectivity index (χ0v) is 24.3. The Hall–Kier alpha value is -1.81. The zero-order chi connectivity index (χ0) is 27.1. The number of benzene rings is 2. The molecule has 0 heterocycles. The van der Waals surface area contributed by atoms with E-state index in [2.05, 4.69) is 25.7 Å². The van der Waals surface area contributed by atoms with Gasteiger partial charge < -0.3 is 5.32 Å². The third-order valence-electron chi connectivity index (χ3n) is 7.51. The molecule has 4 unspecified atom stereocenters. The summed E-state index contributed by atoms with van der Waals surface area (Å²) in [5.74, 6) is 0.591. The molecule has 1 N–H and O–H groups in total. The molecule has 3 nitrogen and oxygen atoms in total. The SMILES string of the molecule is C=C(C)CCC(=O)NCC1C(C(=O)CCC(C)C)CCC(c2ccc(Cl)cc2Cl)C1c1ccc(Cl)cc1. The molecule has 0 radical (unpaired) electrons. The van der Waals surface area contributed by atoms with Crippen molar-refractivity contribution in [2.24, 2.45) is 17.8 Å². The number of rotatable bonds is 11. The summed E-state index contributed by atoms with van der Waals surface area (Å²) in [6.45, 7) is 10.5. The Morgan fingerprint density at radius 1 is 0.973 bits per heavy atom. The van der Waals surface area contributed by atoms with Gasteiger partial charge >= 0.3 is 0 Å². The third kappa shape index (κ3) is 8.34. The topological polar surface area (TPSA) is 46.2 Å². The van der Waals surface area contributed by atoms with Crippen LogP contribution in [-0.2, 0) is 9.59 Å². The Labute approximate surface area is 237 Å². The van der Waals surface area contributed by atoms with Crippen LogP contribution >= 0.6 is 34.8 Å². The first-order valence-electron chi connectivity index (χ1n) is 13.2. The minimum absolute atomic E-state index is 0.0147. The van der Waals surface area contributed by atoms with Gasteiger partial charge in [0.2, 0.25) is 5.91 Å². The van der Waals surface area contributed by atoms with E-state index in [1.807, 2.05) is 43.3 Å². The smallest absolute Gasteiger partial charge is 0.220 e. The minimum atomic E-state index is -0.136. The number of nitrogens with one attached hydrogen (secondary N) is 1. The van der Waals surface area contributed by atoms with Gasteiger partial charge in [0, 0.05) is 40.4 Å². The molecule has 6 heteroatoms. The van der Waals surface area contributed by atoms with Gasteiger partial charge in [0.15, 0.2) is 0 Å². The van der Waals surface area contributed by atoms with Crippen LogP contribution in [0, 0.1) is 17.8 Å². The molecule has 1 saturated carbocycles. The number of hydrogen-bond donors (Lipinski definition) is 1. The van der Waals surface area contributed by atoms with Gasteiger partial charge in [0.25, 0.3) is 0 Å². The molecule has 2 aromatic carbocycles. The first-order valence-corrected chi connectivity index (χ1v) is 14.3. The Balaban J connectivity index is 2.01. The van der Waals surface area contributed by atoms with Gasteiger partial charge in [-0.15, -0.1) is 6.58 Å². The maximum atomic E-state index is 13.6. The maximum absolute atomic E-state index is 13.6. The fourth-order valence-corrected chi connectivity index (χ4v) is 6.22. The van der Waals surface area contributed by atoms with E-state index in [-0.39, 0.29) is 35.4 Å². The molecule has 1 aliphatic rings. The van der Waals surface area contributed by atoms with Crippen molar-refractivity contribution < 1.29 is 9.59 Å². The predicted octanol–water partition coefficient (Wildman–Crippen LogP) is 9.02. The lowest BCUT2D eigenvalue weighted by Crippen LogP contribution is -2.43. The molecule has 1 aliphatic carbocycles. The van der Waals surface area contributed by atoms with E-state index in [0.29, 0.717) is 46.8 Å². The Morgan fingerprint density at radius 3 is 2.27 bits per heavy atom. The van der Waals surface area contributed by atoms with Gasteiger partial charge in [-0.05, 0) is 91.7 Å². The van der Waals surface area contributed by atoms with Gasteiger partial charge in [-0.3, -0.25) is 9.59 Å². The van der Waals surface area contributed by atoms with Crippen molar-refractivity contribution in [2.75, 3.05) is 6.54 Å². The summed E-state index contributed by atoms with van der Waals surface area (Å²) in [5.41, 5.74) is 3.10. The molecule has 37 heavy (non-hydrogen) atoms. The highest BCUT2D eigenvalue weighted by Gasteiger charge is 2.44. The van der Waals surface area contributed by atoms with E-state index < -0.39 is 0 Å². The molecule has 0 aliphatic heterocycles. The predicted molar refractivity (Wildman–Crippen MR) is 156 cm³/mol. The Morgan fingerprint density at radius 2 is 1.65 bits per heavy atom. The highest BCUT2D eigenvalue weighted by molar-refractivity contribution is 6.35. The zero-order valence-electron chi connectivity index (χ0n) is 22.0. The second-order valence-electron chi connectivity index (χ2n) is 10.9. The molecule has 0 aromatic heterocycles. The van der Waals surface area contributed by atoms with Crippen LogP contribution in [0.15, 0.2) is 54.6 Å². The van der Waals surface area contributed by atoms with Crippen molar-refractivity contribution in [3.63, 3.8) is 0 Å². The van der Waals surface area contributed by atoms with Crippen molar-refractivity contribution in [3.05, 3.63) is 80.8 Å². The van der Waals surface area contributed by atoms with E-state index in [1.165, 1.54) is 0 Å². The van der Waals surface area contributed by atoms with Crippen molar-refractivity contribution in [3.8, 4) is 0 Å². The lowest BCUT2D eigenvalue weighted by atomic mass is 9.61. The van der Waals surface area contributed by atoms with Crippen LogP contribution in [-0.4, -0.2) is 18.2 Å². The Bertz CT molecular complexity index is 1100. The van der Waals surface area contributed by atoms with Crippen LogP contribution in [0.3, 0.4) is 0 Å². The summed E-state index contributed by atoms with van der Waals surface area (Å²) < 4.78 is 0. The molecule has 0 spiro atoms. The van der Waals surface area contributed by atoms with Crippen LogP contribution in [0.25, 0.3) is 0 Å². The fourth-order valence-electron chi connectivity index (χ4n) is 5.55. The first-order chi connectivity index (χ1) is 17.6. The second-order valence-corrected chi connectivity index (χ2v) is 12.1. The molecule has 0 saturated heterocycles. The third-order valence-corrected chi connectivity index (χ3v) is 8.33. The van der Waals surface area contributed by atoms with Gasteiger partial charge in [-0.2, -0.15) is 0 Å². The van der Waals surface area contributed by atoms with Crippen molar-refractivity contribution in [1.29, 1.82) is 0 Å². The Kier molecular flexibility index (Phi) is 11.1. The summed E-state index contributed by atoms with van der Waals surface area (Å²) in [4.78, 5) is 26.3. The van der Waals surface area contributed by atoms with Gasteiger partial charge in [0.05, 0.1) is 0 Å². The molecule has 1 fully saturated rings. The molecule has 4 atom stereocenters. The van der Waals surface area contributed by atoms with Crippen molar-refractivity contribution >= 4 is 46.5 Å². The number of hydrogen-bond acceptors (Lipinski definition) is 2. The summed E-state index contributed by atoms with van der Waals surface area (Å²) in [6, 6.07) is 13.5. The van der Waals surface area contributed by atoms with Crippen LogP contribution in [0.5, 0.6) is 0 Å². The van der Waals surface area contributed by atoms with E-state index in [4.69, 9.17) is 34.8 Å². The van der Waals surface area contributed by atoms with E-state index in [0.717, 1.165) is 36.0 Å². The molecule has 3 rings (SSSR count). The van der Waals surface area contributed by atoms with Crippen LogP contribution in [0.4, 0.5) is 0 Å². The van der Waals surface area contributed by atoms with Gasteiger partial charge in [0.1, 0.15) is 5.78 Å². The number of amides is 1. The minimum Gasteiger partial charge on any atom is -0.356 e. The molecular weight excluding hydrogens is 525 g/mol. The number of halogens is 3. The average molecular weight is 563 g/mol. The lowest BCUT2D eigenvalue weighted by molar-refractivity contribution is -0.127. The number of allylic oxidation sites excluding steroid dienone is 1. The molecule has 0 bridgehead atoms. The standard InChI is InChI=1S/C31H38Cl3NO2/c1-19(2)5-15-29(36)25-13-14-26(24-12-11-23(33)17-28(24)34)31(21-7-9-22(32)10-8-21)27(25)18-35-30(37)16-6-20(3)4/h7-12,17,19,25-27,31H,3,5-6,13-16,18H2,1-2,4H3,(H,35,37). The van der Waals surface area contributed by atoms with Crippen molar-refractivity contribution in [1.82, 2.24) is 5.32 Å². The molecular formula is C31H38Cl3NO2. The van der Waals surface area contributed by atoms with Gasteiger partial charge in [-0.1, -0.05) is 72.4 Å². The number of ketones is 1. The summed E-state index contributed by atoms with van der Waals surface area (Å²) >= 11 is 19.2. The molecule has 2 aromatic rings. The lowest BCUT2D eigenvalue weighted by Gasteiger charge is -2.44. The second kappa shape index (κ2) is 13.8. The highest BCUT2D eigenvalue weighted by Crippen LogP contribution is 2.51. The normalized spacial score (nSPS) is 21.6. The van der Waals surface area contributed by atoms with E-state index in [1.54, 1.807) is 6.07 Å². The summed E-state index contributed by atoms with van der Waals surface area (Å²) in [7, 11) is 0. The number of Topliss-reactive ketones (excluding diaryl/α,β-unsaturated/α-hetero) is 1. The number of carbonyl (C=O) groups excluding carboxylic acids is 2. The van der Waals surface area contributed by atoms with Crippen LogP contribution < -0.4 is 5.32 Å². The monoisotopic (exact) mass is 561 g/mol. The van der Waals surface area contributed by atoms with Gasteiger partial charge in [-0.25, -0.2) is 0 Å². The average Bonchev–Trinajstić information content (AvgIpc) is 2.85. The summed E-state index contributed by atoms with van der Waals surface area (Å²) in [6.07, 6.45) is 4.06. The maximum Gasteiger partial charge on any atom is 0.220 e.